The lowest BCUT2D eigenvalue weighted by Crippen LogP contribution is -2.28. The number of phenolic OH excluding ortho intramolecular Hbond substituents is 2. The Balaban J connectivity index is 2.22. The van der Waals surface area contributed by atoms with Gasteiger partial charge >= 0.3 is 0 Å². The van der Waals surface area contributed by atoms with E-state index >= 15 is 0 Å². The number of hydrogen-bond acceptors (Lipinski definition) is 7. The molecule has 0 amide bonds. The number of ether oxygens (including phenoxy) is 1. The number of nitrogens with zero attached hydrogens (tertiary/aromatic N) is 1. The molecule has 7 heteroatoms. The molecule has 1 aromatic heterocycles. The molecule has 7 nitrogen and oxygen atoms in total. The van der Waals surface area contributed by atoms with Gasteiger partial charge in [-0.3, -0.25) is 4.79 Å². The summed E-state index contributed by atoms with van der Waals surface area (Å²) in [6.07, 6.45) is 3.43. The summed E-state index contributed by atoms with van der Waals surface area (Å²) in [4.78, 5) is 24.2. The van der Waals surface area contributed by atoms with E-state index in [1.807, 2.05) is 13.8 Å². The number of benzene rings is 2. The van der Waals surface area contributed by atoms with Gasteiger partial charge < -0.3 is 19.4 Å². The maximum absolute atomic E-state index is 13.0. The van der Waals surface area contributed by atoms with Gasteiger partial charge in [0.1, 0.15) is 33.7 Å². The summed E-state index contributed by atoms with van der Waals surface area (Å²) in [7, 11) is 0. The first kappa shape index (κ1) is 15.2. The van der Waals surface area contributed by atoms with Crippen molar-refractivity contribution in [1.29, 1.82) is 0 Å². The minimum Gasteiger partial charge on any atom is -0.508 e. The highest BCUT2D eigenvalue weighted by atomic mass is 16.5. The van der Waals surface area contributed by atoms with Gasteiger partial charge in [-0.25, -0.2) is 0 Å². The lowest BCUT2D eigenvalue weighted by atomic mass is 9.97. The van der Waals surface area contributed by atoms with E-state index in [-0.39, 0.29) is 39.1 Å². The summed E-state index contributed by atoms with van der Waals surface area (Å²) < 4.78 is 11.4. The molecule has 4 rings (SSSR count). The van der Waals surface area contributed by atoms with Gasteiger partial charge in [0.2, 0.25) is 5.43 Å². The van der Waals surface area contributed by atoms with Crippen molar-refractivity contribution >= 4 is 33.7 Å². The van der Waals surface area contributed by atoms with Crippen LogP contribution in [0.25, 0.3) is 28.0 Å². The lowest BCUT2D eigenvalue weighted by Gasteiger charge is -2.28. The first-order valence-electron chi connectivity index (χ1n) is 7.52. The van der Waals surface area contributed by atoms with Gasteiger partial charge in [0, 0.05) is 23.8 Å². The number of fused-ring (bicyclic) bond motifs is 4. The van der Waals surface area contributed by atoms with E-state index in [0.717, 1.165) is 6.07 Å². The fourth-order valence-electron chi connectivity index (χ4n) is 3.01. The molecule has 2 heterocycles. The van der Waals surface area contributed by atoms with E-state index in [0.29, 0.717) is 5.56 Å². The molecule has 0 spiro atoms. The Morgan fingerprint density at radius 2 is 1.80 bits per heavy atom. The number of rotatable bonds is 1. The molecule has 3 aromatic rings. The highest BCUT2D eigenvalue weighted by Gasteiger charge is 2.28. The maximum Gasteiger partial charge on any atom is 0.205 e. The number of hydrogen-bond donors (Lipinski definition) is 2. The van der Waals surface area contributed by atoms with Gasteiger partial charge in [-0.2, -0.15) is 0 Å². The van der Waals surface area contributed by atoms with Crippen LogP contribution < -0.4 is 10.2 Å². The fourth-order valence-corrected chi connectivity index (χ4v) is 3.01. The van der Waals surface area contributed by atoms with Crippen LogP contribution in [-0.2, 0) is 0 Å². The molecule has 2 N–H and O–H groups in total. The Kier molecular flexibility index (Phi) is 2.93. The summed E-state index contributed by atoms with van der Waals surface area (Å²) in [6, 6.07) is 3.60. The van der Waals surface area contributed by atoms with Crippen molar-refractivity contribution in [3.63, 3.8) is 0 Å². The van der Waals surface area contributed by atoms with Crippen molar-refractivity contribution in [1.82, 2.24) is 0 Å². The smallest absolute Gasteiger partial charge is 0.205 e. The summed E-state index contributed by atoms with van der Waals surface area (Å²) in [5.74, 6) is -0.442. The quantitative estimate of drug-likeness (QED) is 0.513. The Bertz CT molecular complexity index is 1160. The average molecular weight is 339 g/mol. The van der Waals surface area contributed by atoms with Crippen LogP contribution >= 0.6 is 0 Å². The molecule has 0 saturated carbocycles. The summed E-state index contributed by atoms with van der Waals surface area (Å²) in [6.45, 7) is 3.62. The van der Waals surface area contributed by atoms with Crippen LogP contribution in [-0.4, -0.2) is 15.8 Å². The van der Waals surface area contributed by atoms with Crippen LogP contribution in [0.15, 0.2) is 38.7 Å². The highest BCUT2D eigenvalue weighted by molar-refractivity contribution is 6.01. The standard InChI is InChI=1S/C18H13NO6/c1-18(2)4-3-9-14-13(7-10(19-23)17(9)25-18)24-12-6-8(20)5-11(21)15(12)16(14)22/h3-7,20-21H,1-2H3. The molecule has 2 aromatic carbocycles. The van der Waals surface area contributed by atoms with E-state index in [1.165, 1.54) is 12.1 Å². The topological polar surface area (TPSA) is 109 Å². The van der Waals surface area contributed by atoms with E-state index in [2.05, 4.69) is 5.18 Å². The molecular weight excluding hydrogens is 326 g/mol. The zero-order chi connectivity index (χ0) is 17.9. The van der Waals surface area contributed by atoms with Gasteiger partial charge in [-0.05, 0) is 25.1 Å². The second-order valence-electron chi connectivity index (χ2n) is 6.41. The molecule has 1 aliphatic rings. The fraction of sp³-hybridized carbons (Fsp3) is 0.167. The molecule has 0 aliphatic carbocycles. The largest absolute Gasteiger partial charge is 0.508 e. The number of phenols is 2. The second-order valence-corrected chi connectivity index (χ2v) is 6.41. The van der Waals surface area contributed by atoms with Crippen LogP contribution in [0.5, 0.6) is 17.2 Å². The number of aromatic hydroxyl groups is 2. The van der Waals surface area contributed by atoms with Gasteiger partial charge in [-0.1, -0.05) is 6.08 Å². The molecule has 25 heavy (non-hydrogen) atoms. The molecule has 0 fully saturated rings. The van der Waals surface area contributed by atoms with Crippen molar-refractivity contribution in [3.8, 4) is 17.2 Å². The summed E-state index contributed by atoms with van der Waals surface area (Å²) in [5, 5.41) is 22.7. The molecule has 0 saturated heterocycles. The Hall–Kier alpha value is -3.35. The Morgan fingerprint density at radius 1 is 1.08 bits per heavy atom. The average Bonchev–Trinajstić information content (AvgIpc) is 2.52. The first-order valence-corrected chi connectivity index (χ1v) is 7.52. The van der Waals surface area contributed by atoms with Crippen LogP contribution in [0.4, 0.5) is 5.69 Å². The zero-order valence-electron chi connectivity index (χ0n) is 13.4. The van der Waals surface area contributed by atoms with Gasteiger partial charge in [0.15, 0.2) is 11.4 Å². The van der Waals surface area contributed by atoms with Gasteiger partial charge in [-0.15, -0.1) is 4.91 Å². The predicted molar refractivity (Wildman–Crippen MR) is 92.5 cm³/mol. The van der Waals surface area contributed by atoms with E-state index in [9.17, 15) is 19.9 Å². The summed E-state index contributed by atoms with van der Waals surface area (Å²) >= 11 is 0. The van der Waals surface area contributed by atoms with Crippen molar-refractivity contribution in [2.24, 2.45) is 5.18 Å². The van der Waals surface area contributed by atoms with Crippen LogP contribution in [0.1, 0.15) is 19.4 Å². The van der Waals surface area contributed by atoms with Crippen LogP contribution in [0, 0.1) is 4.91 Å². The van der Waals surface area contributed by atoms with Crippen molar-refractivity contribution in [2.45, 2.75) is 19.4 Å². The maximum atomic E-state index is 13.0. The SMILES string of the molecule is CC1(C)C=Cc2c(c(N=O)cc3oc4cc(O)cc(O)c4c(=O)c23)O1. The van der Waals surface area contributed by atoms with Gasteiger partial charge in [0.05, 0.1) is 5.39 Å². The van der Waals surface area contributed by atoms with E-state index < -0.39 is 16.8 Å². The monoisotopic (exact) mass is 339 g/mol. The third-order valence-electron chi connectivity index (χ3n) is 4.12. The molecule has 126 valence electrons. The first-order chi connectivity index (χ1) is 11.8. The Labute approximate surface area is 140 Å². The summed E-state index contributed by atoms with van der Waals surface area (Å²) in [5.41, 5.74) is -0.654. The minimum atomic E-state index is -0.662. The lowest BCUT2D eigenvalue weighted by molar-refractivity contribution is 0.160. The zero-order valence-corrected chi connectivity index (χ0v) is 13.4. The molecule has 1 aliphatic heterocycles. The van der Waals surface area contributed by atoms with E-state index in [4.69, 9.17) is 9.15 Å². The number of nitroso groups, excluding NO2 is 1. The minimum absolute atomic E-state index is 0.00630. The second kappa shape index (κ2) is 4.83. The predicted octanol–water partition coefficient (Wildman–Crippen LogP) is 3.94. The highest BCUT2D eigenvalue weighted by Crippen LogP contribution is 2.43. The normalized spacial score (nSPS) is 15.1. The molecular formula is C18H13NO6. The Morgan fingerprint density at radius 3 is 2.52 bits per heavy atom. The third-order valence-corrected chi connectivity index (χ3v) is 4.12. The molecule has 0 atom stereocenters. The molecule has 0 radical (unpaired) electrons. The van der Waals surface area contributed by atoms with Crippen molar-refractivity contribution < 1.29 is 19.4 Å². The van der Waals surface area contributed by atoms with Crippen molar-refractivity contribution in [3.05, 3.63) is 45.0 Å². The molecule has 0 unspecified atom stereocenters. The van der Waals surface area contributed by atoms with Crippen molar-refractivity contribution in [2.75, 3.05) is 0 Å². The molecule has 0 bridgehead atoms. The third kappa shape index (κ3) is 2.16. The van der Waals surface area contributed by atoms with Crippen LogP contribution in [0.2, 0.25) is 0 Å². The van der Waals surface area contributed by atoms with E-state index in [1.54, 1.807) is 12.2 Å². The van der Waals surface area contributed by atoms with Crippen LogP contribution in [0.3, 0.4) is 0 Å². The van der Waals surface area contributed by atoms with Gasteiger partial charge in [0.25, 0.3) is 0 Å².